The van der Waals surface area contributed by atoms with Crippen molar-refractivity contribution in [2.75, 3.05) is 11.9 Å². The minimum absolute atomic E-state index is 0.208. The van der Waals surface area contributed by atoms with Crippen molar-refractivity contribution in [1.29, 1.82) is 0 Å². The Bertz CT molecular complexity index is 1270. The molecule has 0 atom stereocenters. The maximum Gasteiger partial charge on any atom is 0.274 e. The maximum absolute atomic E-state index is 12.9. The van der Waals surface area contributed by atoms with Gasteiger partial charge in [0.15, 0.2) is 11.5 Å². The molecule has 3 aromatic heterocycles. The van der Waals surface area contributed by atoms with Crippen LogP contribution >= 0.6 is 0 Å². The first-order valence-corrected chi connectivity index (χ1v) is 10.1. The first-order valence-electron chi connectivity index (χ1n) is 10.1. The summed E-state index contributed by atoms with van der Waals surface area (Å²) in [5.74, 6) is 0.452. The largest absolute Gasteiger partial charge is 0.352 e. The topological polar surface area (TPSA) is 106 Å². The number of pyridine rings is 1. The molecule has 1 aliphatic rings. The second kappa shape index (κ2) is 7.67. The van der Waals surface area contributed by atoms with Crippen LogP contribution in [0.3, 0.4) is 0 Å². The SMILES string of the molecule is Cn1ncc(C(=O)NCC2CC2)c1C(=O)Nc1ccn2nc(-c3ccccc3)nc2c1. The molecule has 1 fully saturated rings. The number of carbonyl (C=O) groups is 2. The zero-order valence-electron chi connectivity index (χ0n) is 16.9. The van der Waals surface area contributed by atoms with Gasteiger partial charge < -0.3 is 10.6 Å². The molecule has 9 nitrogen and oxygen atoms in total. The van der Waals surface area contributed by atoms with Crippen molar-refractivity contribution >= 4 is 23.1 Å². The Morgan fingerprint density at radius 1 is 1.13 bits per heavy atom. The summed E-state index contributed by atoms with van der Waals surface area (Å²) in [5, 5.41) is 14.3. The van der Waals surface area contributed by atoms with Gasteiger partial charge in [0.05, 0.1) is 11.8 Å². The molecule has 0 radical (unpaired) electrons. The molecule has 1 saturated carbocycles. The summed E-state index contributed by atoms with van der Waals surface area (Å²) in [6.45, 7) is 0.627. The standard InChI is InChI=1S/C22H21N7O2/c1-28-19(17(13-24-28)21(30)23-12-14-7-8-14)22(31)25-16-9-10-29-18(11-16)26-20(27-29)15-5-3-2-4-6-15/h2-6,9-11,13-14H,7-8,12H2,1H3,(H,23,30)(H,25,31). The number of aromatic nitrogens is 5. The van der Waals surface area contributed by atoms with E-state index in [2.05, 4.69) is 25.8 Å². The predicted octanol–water partition coefficient (Wildman–Crippen LogP) is 2.52. The number of amides is 2. The van der Waals surface area contributed by atoms with E-state index in [0.717, 1.165) is 18.4 Å². The number of fused-ring (bicyclic) bond motifs is 1. The van der Waals surface area contributed by atoms with Gasteiger partial charge in [0.1, 0.15) is 5.69 Å². The van der Waals surface area contributed by atoms with Gasteiger partial charge in [-0.1, -0.05) is 30.3 Å². The van der Waals surface area contributed by atoms with Crippen LogP contribution in [0.5, 0.6) is 0 Å². The summed E-state index contributed by atoms with van der Waals surface area (Å²) < 4.78 is 3.06. The molecule has 0 unspecified atom stereocenters. The van der Waals surface area contributed by atoms with Crippen LogP contribution in [0.2, 0.25) is 0 Å². The van der Waals surface area contributed by atoms with Gasteiger partial charge in [-0.3, -0.25) is 14.3 Å². The summed E-state index contributed by atoms with van der Waals surface area (Å²) >= 11 is 0. The molecule has 4 aromatic rings. The third kappa shape index (κ3) is 3.89. The van der Waals surface area contributed by atoms with Gasteiger partial charge in [0.25, 0.3) is 11.8 Å². The highest BCUT2D eigenvalue weighted by Crippen LogP contribution is 2.27. The van der Waals surface area contributed by atoms with E-state index < -0.39 is 5.91 Å². The molecule has 5 rings (SSSR count). The highest BCUT2D eigenvalue weighted by molar-refractivity contribution is 6.11. The fourth-order valence-electron chi connectivity index (χ4n) is 3.39. The van der Waals surface area contributed by atoms with Gasteiger partial charge >= 0.3 is 0 Å². The Morgan fingerprint density at radius 2 is 1.94 bits per heavy atom. The lowest BCUT2D eigenvalue weighted by atomic mass is 10.2. The van der Waals surface area contributed by atoms with Crippen molar-refractivity contribution < 1.29 is 9.59 Å². The maximum atomic E-state index is 12.9. The van der Waals surface area contributed by atoms with Crippen molar-refractivity contribution in [3.8, 4) is 11.4 Å². The molecule has 31 heavy (non-hydrogen) atoms. The Morgan fingerprint density at radius 3 is 2.71 bits per heavy atom. The summed E-state index contributed by atoms with van der Waals surface area (Å²) in [6.07, 6.45) is 5.43. The molecule has 156 valence electrons. The van der Waals surface area contributed by atoms with Gasteiger partial charge in [-0.2, -0.15) is 5.10 Å². The Hall–Kier alpha value is -4.01. The third-order valence-corrected chi connectivity index (χ3v) is 5.27. The molecule has 2 amide bonds. The smallest absolute Gasteiger partial charge is 0.274 e. The Labute approximate surface area is 178 Å². The normalized spacial score (nSPS) is 13.3. The van der Waals surface area contributed by atoms with Gasteiger partial charge in [-0.05, 0) is 24.8 Å². The zero-order chi connectivity index (χ0) is 21.4. The molecule has 0 spiro atoms. The first-order chi connectivity index (χ1) is 15.1. The first kappa shape index (κ1) is 19.0. The van der Waals surface area contributed by atoms with Crippen molar-refractivity contribution in [3.63, 3.8) is 0 Å². The number of nitrogens with one attached hydrogen (secondary N) is 2. The third-order valence-electron chi connectivity index (χ3n) is 5.27. The van der Waals surface area contributed by atoms with E-state index in [9.17, 15) is 9.59 Å². The van der Waals surface area contributed by atoms with E-state index in [-0.39, 0.29) is 17.2 Å². The average molecular weight is 415 g/mol. The van der Waals surface area contributed by atoms with Crippen LogP contribution in [0.1, 0.15) is 33.7 Å². The molecule has 0 bridgehead atoms. The van der Waals surface area contributed by atoms with E-state index in [1.807, 2.05) is 30.3 Å². The summed E-state index contributed by atoms with van der Waals surface area (Å²) in [7, 11) is 1.64. The molecular formula is C22H21N7O2. The van der Waals surface area contributed by atoms with Crippen LogP contribution in [-0.2, 0) is 7.05 Å². The van der Waals surface area contributed by atoms with Crippen LogP contribution in [0.4, 0.5) is 5.69 Å². The number of hydrogen-bond acceptors (Lipinski definition) is 5. The highest BCUT2D eigenvalue weighted by Gasteiger charge is 2.25. The van der Waals surface area contributed by atoms with Crippen LogP contribution in [0.25, 0.3) is 17.0 Å². The number of carbonyl (C=O) groups excluding carboxylic acids is 2. The van der Waals surface area contributed by atoms with Crippen molar-refractivity contribution in [3.05, 3.63) is 66.1 Å². The molecule has 0 aliphatic heterocycles. The fourth-order valence-corrected chi connectivity index (χ4v) is 3.39. The fraction of sp³-hybridized carbons (Fsp3) is 0.227. The molecule has 0 saturated heterocycles. The minimum Gasteiger partial charge on any atom is -0.352 e. The lowest BCUT2D eigenvalue weighted by Crippen LogP contribution is -2.28. The molecular weight excluding hydrogens is 394 g/mol. The Balaban J connectivity index is 1.36. The molecule has 1 aliphatic carbocycles. The van der Waals surface area contributed by atoms with E-state index in [0.29, 0.717) is 29.6 Å². The quantitative estimate of drug-likeness (QED) is 0.503. The molecule has 1 aromatic carbocycles. The monoisotopic (exact) mass is 415 g/mol. The van der Waals surface area contributed by atoms with Crippen molar-refractivity contribution in [2.24, 2.45) is 13.0 Å². The number of hydrogen-bond donors (Lipinski definition) is 2. The van der Waals surface area contributed by atoms with Crippen molar-refractivity contribution in [1.82, 2.24) is 29.7 Å². The van der Waals surface area contributed by atoms with Crippen LogP contribution in [0, 0.1) is 5.92 Å². The van der Waals surface area contributed by atoms with Gasteiger partial charge in [0, 0.05) is 37.1 Å². The average Bonchev–Trinajstić information content (AvgIpc) is 3.38. The summed E-state index contributed by atoms with van der Waals surface area (Å²) in [5.41, 5.74) is 2.53. The summed E-state index contributed by atoms with van der Waals surface area (Å²) in [4.78, 5) is 30.0. The van der Waals surface area contributed by atoms with Crippen molar-refractivity contribution in [2.45, 2.75) is 12.8 Å². The lowest BCUT2D eigenvalue weighted by molar-refractivity contribution is 0.0937. The van der Waals surface area contributed by atoms with Gasteiger partial charge in [-0.25, -0.2) is 9.50 Å². The molecule has 3 heterocycles. The zero-order valence-corrected chi connectivity index (χ0v) is 16.9. The number of benzene rings is 1. The number of anilines is 1. The van der Waals surface area contributed by atoms with E-state index >= 15 is 0 Å². The molecule has 9 heteroatoms. The minimum atomic E-state index is -0.413. The number of rotatable bonds is 6. The van der Waals surface area contributed by atoms with E-state index in [1.54, 1.807) is 29.9 Å². The molecule has 2 N–H and O–H groups in total. The van der Waals surface area contributed by atoms with Crippen LogP contribution < -0.4 is 10.6 Å². The number of nitrogens with zero attached hydrogens (tertiary/aromatic N) is 5. The highest BCUT2D eigenvalue weighted by atomic mass is 16.2. The van der Waals surface area contributed by atoms with Gasteiger partial charge in [-0.15, -0.1) is 5.10 Å². The Kier molecular flexibility index (Phi) is 4.70. The van der Waals surface area contributed by atoms with Crippen LogP contribution in [-0.4, -0.2) is 42.7 Å². The van der Waals surface area contributed by atoms with E-state index in [1.165, 1.54) is 10.9 Å². The van der Waals surface area contributed by atoms with Crippen LogP contribution in [0.15, 0.2) is 54.9 Å². The predicted molar refractivity (Wildman–Crippen MR) is 115 cm³/mol. The summed E-state index contributed by atoms with van der Waals surface area (Å²) in [6, 6.07) is 13.1. The second-order valence-electron chi connectivity index (χ2n) is 7.66. The van der Waals surface area contributed by atoms with Gasteiger partial charge in [0.2, 0.25) is 0 Å². The lowest BCUT2D eigenvalue weighted by Gasteiger charge is -2.08. The van der Waals surface area contributed by atoms with E-state index in [4.69, 9.17) is 0 Å². The second-order valence-corrected chi connectivity index (χ2v) is 7.66. The number of aryl methyl sites for hydroxylation is 1.